The van der Waals surface area contributed by atoms with Crippen molar-refractivity contribution in [3.63, 3.8) is 0 Å². The predicted molar refractivity (Wildman–Crippen MR) is 87.2 cm³/mol. The van der Waals surface area contributed by atoms with Gasteiger partial charge >= 0.3 is 12.2 Å². The molecule has 0 saturated carbocycles. The normalized spacial score (nSPS) is 17.5. The van der Waals surface area contributed by atoms with Gasteiger partial charge in [-0.1, -0.05) is 22.0 Å². The second-order valence-electron chi connectivity index (χ2n) is 5.42. The first kappa shape index (κ1) is 19.4. The van der Waals surface area contributed by atoms with Crippen molar-refractivity contribution in [2.75, 3.05) is 26.2 Å². The van der Waals surface area contributed by atoms with Crippen LogP contribution in [-0.2, 0) is 4.79 Å². The lowest BCUT2D eigenvalue weighted by atomic mass is 10.2. The molecule has 1 atom stereocenters. The summed E-state index contributed by atoms with van der Waals surface area (Å²) in [7, 11) is 0. The molecule has 6 nitrogen and oxygen atoms in total. The van der Waals surface area contributed by atoms with Crippen molar-refractivity contribution in [1.29, 1.82) is 0 Å². The van der Waals surface area contributed by atoms with Crippen LogP contribution < -0.4 is 15.4 Å². The summed E-state index contributed by atoms with van der Waals surface area (Å²) in [4.78, 5) is 24.2. The highest BCUT2D eigenvalue weighted by Gasteiger charge is 2.39. The zero-order valence-electron chi connectivity index (χ0n) is 13.1. The Hall–Kier alpha value is -1.97. The number of alkyl halides is 3. The molecule has 0 unspecified atom stereocenters. The molecule has 1 aromatic rings. The Morgan fingerprint density at radius 3 is 2.84 bits per heavy atom. The number of carbonyl (C=O) groups excluding carboxylic acids is 2. The molecule has 1 saturated heterocycles. The Balaban J connectivity index is 1.68. The molecule has 1 heterocycles. The topological polar surface area (TPSA) is 70.7 Å². The highest BCUT2D eigenvalue weighted by molar-refractivity contribution is 9.10. The molecule has 3 amide bonds. The van der Waals surface area contributed by atoms with Crippen LogP contribution in [0.3, 0.4) is 0 Å². The second kappa shape index (κ2) is 8.41. The fourth-order valence-corrected chi connectivity index (χ4v) is 2.72. The van der Waals surface area contributed by atoms with Gasteiger partial charge in [-0.15, -0.1) is 0 Å². The second-order valence-corrected chi connectivity index (χ2v) is 6.34. The lowest BCUT2D eigenvalue weighted by molar-refractivity contribution is -0.157. The highest BCUT2D eigenvalue weighted by atomic mass is 79.9. The zero-order chi connectivity index (χ0) is 18.4. The molecular formula is C15H17BrF3N3O3. The molecule has 25 heavy (non-hydrogen) atoms. The number of amides is 3. The Morgan fingerprint density at radius 2 is 2.16 bits per heavy atom. The molecule has 1 aliphatic heterocycles. The van der Waals surface area contributed by atoms with Crippen LogP contribution in [0.25, 0.3) is 0 Å². The third-order valence-corrected chi connectivity index (χ3v) is 3.92. The van der Waals surface area contributed by atoms with E-state index in [1.54, 1.807) is 18.2 Å². The van der Waals surface area contributed by atoms with Crippen LogP contribution in [0.5, 0.6) is 5.75 Å². The molecule has 10 heteroatoms. The number of likely N-dealkylation sites (tertiary alicyclic amines) is 1. The van der Waals surface area contributed by atoms with Crippen LogP contribution in [0.4, 0.5) is 18.0 Å². The Morgan fingerprint density at radius 1 is 1.40 bits per heavy atom. The average Bonchev–Trinajstić information content (AvgIpc) is 2.83. The van der Waals surface area contributed by atoms with Crippen molar-refractivity contribution in [3.8, 4) is 5.75 Å². The maximum atomic E-state index is 12.3. The summed E-state index contributed by atoms with van der Waals surface area (Å²) in [6.07, 6.45) is -4.30. The molecular weight excluding hydrogens is 407 g/mol. The minimum absolute atomic E-state index is 0.0325. The van der Waals surface area contributed by atoms with Gasteiger partial charge < -0.3 is 20.3 Å². The van der Waals surface area contributed by atoms with E-state index in [-0.39, 0.29) is 26.1 Å². The van der Waals surface area contributed by atoms with Gasteiger partial charge in [-0.2, -0.15) is 13.2 Å². The van der Waals surface area contributed by atoms with E-state index < -0.39 is 30.7 Å². The monoisotopic (exact) mass is 423 g/mol. The molecule has 1 fully saturated rings. The van der Waals surface area contributed by atoms with Gasteiger partial charge in [0.2, 0.25) is 5.91 Å². The summed E-state index contributed by atoms with van der Waals surface area (Å²) >= 11 is 3.31. The predicted octanol–water partition coefficient (Wildman–Crippen LogP) is 2.29. The van der Waals surface area contributed by atoms with Crippen molar-refractivity contribution < 1.29 is 27.5 Å². The average molecular weight is 424 g/mol. The number of halogens is 4. The summed E-state index contributed by atoms with van der Waals surface area (Å²) in [6.45, 7) is -0.935. The summed E-state index contributed by atoms with van der Waals surface area (Å²) < 4.78 is 43.3. The zero-order valence-corrected chi connectivity index (χ0v) is 14.7. The van der Waals surface area contributed by atoms with Crippen LogP contribution in [0.1, 0.15) is 6.42 Å². The lowest BCUT2D eigenvalue weighted by Crippen LogP contribution is -2.47. The van der Waals surface area contributed by atoms with Crippen LogP contribution >= 0.6 is 15.9 Å². The number of hydrogen-bond donors (Lipinski definition) is 2. The first-order valence-corrected chi connectivity index (χ1v) is 8.32. The van der Waals surface area contributed by atoms with Crippen molar-refractivity contribution in [1.82, 2.24) is 15.5 Å². The van der Waals surface area contributed by atoms with E-state index in [1.165, 1.54) is 0 Å². The molecule has 0 aliphatic carbocycles. The van der Waals surface area contributed by atoms with Crippen LogP contribution in [0.15, 0.2) is 28.7 Å². The first-order chi connectivity index (χ1) is 11.7. The van der Waals surface area contributed by atoms with Crippen LogP contribution in [0, 0.1) is 0 Å². The Labute approximate surface area is 150 Å². The van der Waals surface area contributed by atoms with Gasteiger partial charge in [0.15, 0.2) is 0 Å². The fraction of sp³-hybridized carbons (Fsp3) is 0.467. The van der Waals surface area contributed by atoms with Gasteiger partial charge in [0.1, 0.15) is 24.9 Å². The van der Waals surface area contributed by atoms with E-state index in [9.17, 15) is 22.8 Å². The SMILES string of the molecule is O=C(NCCOc1cccc(Br)c1)N[C@@H]1CCN(CC(F)(F)F)C1=O. The molecule has 0 bridgehead atoms. The minimum atomic E-state index is -4.45. The summed E-state index contributed by atoms with van der Waals surface area (Å²) in [5.41, 5.74) is 0. The van der Waals surface area contributed by atoms with Crippen molar-refractivity contribution in [2.24, 2.45) is 0 Å². The van der Waals surface area contributed by atoms with E-state index in [2.05, 4.69) is 26.6 Å². The summed E-state index contributed by atoms with van der Waals surface area (Å²) in [5, 5.41) is 4.88. The van der Waals surface area contributed by atoms with E-state index in [0.29, 0.717) is 10.6 Å². The minimum Gasteiger partial charge on any atom is -0.492 e. The molecule has 1 aliphatic rings. The van der Waals surface area contributed by atoms with Gasteiger partial charge in [0, 0.05) is 11.0 Å². The molecule has 0 spiro atoms. The maximum absolute atomic E-state index is 12.3. The number of hydrogen-bond acceptors (Lipinski definition) is 3. The third-order valence-electron chi connectivity index (χ3n) is 3.43. The fourth-order valence-electron chi connectivity index (χ4n) is 2.35. The summed E-state index contributed by atoms with van der Waals surface area (Å²) in [5.74, 6) is -0.0943. The number of nitrogens with zero attached hydrogens (tertiary/aromatic N) is 1. The van der Waals surface area contributed by atoms with E-state index in [1.807, 2.05) is 6.07 Å². The first-order valence-electron chi connectivity index (χ1n) is 7.53. The Kier molecular flexibility index (Phi) is 6.51. The van der Waals surface area contributed by atoms with Gasteiger partial charge in [-0.3, -0.25) is 4.79 Å². The molecule has 0 aromatic heterocycles. The number of carbonyl (C=O) groups is 2. The Bertz CT molecular complexity index is 628. The quantitative estimate of drug-likeness (QED) is 0.689. The molecule has 0 radical (unpaired) electrons. The van der Waals surface area contributed by atoms with Gasteiger partial charge in [-0.25, -0.2) is 4.79 Å². The number of benzene rings is 1. The third kappa shape index (κ3) is 6.45. The van der Waals surface area contributed by atoms with Crippen molar-refractivity contribution in [2.45, 2.75) is 18.6 Å². The number of nitrogens with one attached hydrogen (secondary N) is 2. The van der Waals surface area contributed by atoms with Crippen molar-refractivity contribution >= 4 is 27.9 Å². The number of urea groups is 1. The smallest absolute Gasteiger partial charge is 0.406 e. The molecule has 138 valence electrons. The highest BCUT2D eigenvalue weighted by Crippen LogP contribution is 2.21. The lowest BCUT2D eigenvalue weighted by Gasteiger charge is -2.18. The molecule has 2 N–H and O–H groups in total. The van der Waals surface area contributed by atoms with E-state index in [0.717, 1.165) is 4.47 Å². The van der Waals surface area contributed by atoms with Gasteiger partial charge in [-0.05, 0) is 24.6 Å². The standard InChI is InChI=1S/C15H17BrF3N3O3/c16-10-2-1-3-11(8-10)25-7-5-20-14(24)21-12-4-6-22(13(12)23)9-15(17,18)19/h1-3,8,12H,4-7,9H2,(H2,20,21,24)/t12-/m1/s1. The number of rotatable bonds is 6. The van der Waals surface area contributed by atoms with Crippen LogP contribution in [-0.4, -0.2) is 55.3 Å². The van der Waals surface area contributed by atoms with Gasteiger partial charge in [0.05, 0.1) is 6.54 Å². The summed E-state index contributed by atoms with van der Waals surface area (Å²) in [6, 6.07) is 5.62. The van der Waals surface area contributed by atoms with E-state index in [4.69, 9.17) is 4.74 Å². The largest absolute Gasteiger partial charge is 0.492 e. The van der Waals surface area contributed by atoms with Crippen molar-refractivity contribution in [3.05, 3.63) is 28.7 Å². The van der Waals surface area contributed by atoms with E-state index >= 15 is 0 Å². The number of ether oxygens (including phenoxy) is 1. The van der Waals surface area contributed by atoms with Gasteiger partial charge in [0.25, 0.3) is 0 Å². The molecule has 2 rings (SSSR count). The maximum Gasteiger partial charge on any atom is 0.406 e. The van der Waals surface area contributed by atoms with Crippen LogP contribution in [0.2, 0.25) is 0 Å². The molecule has 1 aromatic carbocycles.